The standard InChI is InChI=1S/C14H24F3N3/c1-4-8-18-13(14(15,16)17)10-11-7-9-20(19-11)12(5-2)6-3/h7,9,12-13,18H,4-6,8,10H2,1-3H3. The van der Waals surface area contributed by atoms with E-state index in [4.69, 9.17) is 0 Å². The number of nitrogens with one attached hydrogen (secondary N) is 1. The molecule has 0 bridgehead atoms. The van der Waals surface area contributed by atoms with E-state index in [-0.39, 0.29) is 12.5 Å². The molecule has 0 aromatic carbocycles. The number of rotatable bonds is 8. The number of hydrogen-bond donors (Lipinski definition) is 1. The average Bonchev–Trinajstić information content (AvgIpc) is 2.83. The van der Waals surface area contributed by atoms with Crippen molar-refractivity contribution in [2.45, 2.75) is 64.7 Å². The zero-order chi connectivity index (χ0) is 15.2. The predicted octanol–water partition coefficient (Wildman–Crippen LogP) is 3.72. The third-order valence-electron chi connectivity index (χ3n) is 3.43. The first-order chi connectivity index (χ1) is 9.42. The van der Waals surface area contributed by atoms with Gasteiger partial charge in [-0.1, -0.05) is 20.8 Å². The van der Waals surface area contributed by atoms with Gasteiger partial charge in [0.05, 0.1) is 11.7 Å². The van der Waals surface area contributed by atoms with Gasteiger partial charge >= 0.3 is 6.18 Å². The van der Waals surface area contributed by atoms with Gasteiger partial charge in [0, 0.05) is 12.6 Å². The summed E-state index contributed by atoms with van der Waals surface area (Å²) in [5.74, 6) is 0. The molecule has 0 saturated heterocycles. The normalized spacial score (nSPS) is 13.9. The van der Waals surface area contributed by atoms with Gasteiger partial charge in [-0.25, -0.2) is 0 Å². The lowest BCUT2D eigenvalue weighted by Crippen LogP contribution is -2.44. The van der Waals surface area contributed by atoms with Crippen molar-refractivity contribution in [3.05, 3.63) is 18.0 Å². The third kappa shape index (κ3) is 4.81. The Labute approximate surface area is 118 Å². The first-order valence-corrected chi connectivity index (χ1v) is 7.26. The SMILES string of the molecule is CCCNC(Cc1ccn(C(CC)CC)n1)C(F)(F)F. The fourth-order valence-corrected chi connectivity index (χ4v) is 2.18. The highest BCUT2D eigenvalue weighted by Gasteiger charge is 2.39. The van der Waals surface area contributed by atoms with Crippen LogP contribution in [0.1, 0.15) is 51.8 Å². The lowest BCUT2D eigenvalue weighted by molar-refractivity contribution is -0.155. The van der Waals surface area contributed by atoms with E-state index >= 15 is 0 Å². The molecular formula is C14H24F3N3. The number of hydrogen-bond acceptors (Lipinski definition) is 2. The number of nitrogens with zero attached hydrogens (tertiary/aromatic N) is 2. The molecular weight excluding hydrogens is 267 g/mol. The van der Waals surface area contributed by atoms with Gasteiger partial charge in [0.15, 0.2) is 0 Å². The molecule has 3 nitrogen and oxygen atoms in total. The maximum absolute atomic E-state index is 12.9. The van der Waals surface area contributed by atoms with Crippen molar-refractivity contribution in [1.82, 2.24) is 15.1 Å². The number of aromatic nitrogens is 2. The summed E-state index contributed by atoms with van der Waals surface area (Å²) in [4.78, 5) is 0. The molecule has 0 fully saturated rings. The molecule has 0 spiro atoms. The zero-order valence-corrected chi connectivity index (χ0v) is 12.4. The van der Waals surface area contributed by atoms with Crippen LogP contribution < -0.4 is 5.32 Å². The Bertz CT molecular complexity index is 383. The molecule has 6 heteroatoms. The molecule has 116 valence electrons. The first-order valence-electron chi connectivity index (χ1n) is 7.26. The zero-order valence-electron chi connectivity index (χ0n) is 12.4. The van der Waals surface area contributed by atoms with E-state index in [9.17, 15) is 13.2 Å². The molecule has 1 rings (SSSR count). The van der Waals surface area contributed by atoms with Gasteiger partial charge in [0.2, 0.25) is 0 Å². The average molecular weight is 291 g/mol. The van der Waals surface area contributed by atoms with E-state index in [2.05, 4.69) is 24.3 Å². The molecule has 0 aliphatic rings. The van der Waals surface area contributed by atoms with E-state index in [1.807, 2.05) is 6.92 Å². The van der Waals surface area contributed by atoms with Crippen molar-refractivity contribution in [1.29, 1.82) is 0 Å². The summed E-state index contributed by atoms with van der Waals surface area (Å²) >= 11 is 0. The molecule has 20 heavy (non-hydrogen) atoms. The van der Waals surface area contributed by atoms with Gasteiger partial charge in [-0.2, -0.15) is 18.3 Å². The van der Waals surface area contributed by atoms with Crippen LogP contribution in [0.15, 0.2) is 12.3 Å². The van der Waals surface area contributed by atoms with E-state index in [1.165, 1.54) is 0 Å². The van der Waals surface area contributed by atoms with Gasteiger partial charge < -0.3 is 5.32 Å². The van der Waals surface area contributed by atoms with Crippen LogP contribution in [0, 0.1) is 0 Å². The minimum atomic E-state index is -4.24. The number of halogens is 3. The topological polar surface area (TPSA) is 29.9 Å². The van der Waals surface area contributed by atoms with E-state index in [0.29, 0.717) is 18.7 Å². The van der Waals surface area contributed by atoms with Crippen molar-refractivity contribution in [2.75, 3.05) is 6.54 Å². The van der Waals surface area contributed by atoms with Crippen LogP contribution in [0.2, 0.25) is 0 Å². The quantitative estimate of drug-likeness (QED) is 0.791. The first kappa shape index (κ1) is 17.0. The van der Waals surface area contributed by atoms with Crippen LogP contribution in [0.25, 0.3) is 0 Å². The molecule has 1 N–H and O–H groups in total. The van der Waals surface area contributed by atoms with E-state index in [0.717, 1.165) is 12.8 Å². The fraction of sp³-hybridized carbons (Fsp3) is 0.786. The highest BCUT2D eigenvalue weighted by atomic mass is 19.4. The Kier molecular flexibility index (Phi) is 6.52. The molecule has 1 unspecified atom stereocenters. The van der Waals surface area contributed by atoms with Crippen LogP contribution in [-0.2, 0) is 6.42 Å². The number of alkyl halides is 3. The maximum Gasteiger partial charge on any atom is 0.404 e. The van der Waals surface area contributed by atoms with Gasteiger partial charge in [0.25, 0.3) is 0 Å². The molecule has 0 aliphatic carbocycles. The predicted molar refractivity (Wildman–Crippen MR) is 73.7 cm³/mol. The Hall–Kier alpha value is -1.04. The molecule has 0 saturated carbocycles. The van der Waals surface area contributed by atoms with Crippen molar-refractivity contribution in [3.63, 3.8) is 0 Å². The van der Waals surface area contributed by atoms with Gasteiger partial charge in [-0.05, 0) is 31.9 Å². The summed E-state index contributed by atoms with van der Waals surface area (Å²) in [6.07, 6.45) is -0.0532. The van der Waals surface area contributed by atoms with Crippen molar-refractivity contribution in [3.8, 4) is 0 Å². The molecule has 1 heterocycles. The van der Waals surface area contributed by atoms with Gasteiger partial charge in [0.1, 0.15) is 6.04 Å². The fourth-order valence-electron chi connectivity index (χ4n) is 2.18. The highest BCUT2D eigenvalue weighted by Crippen LogP contribution is 2.23. The molecule has 1 aromatic rings. The Morgan fingerprint density at radius 2 is 1.90 bits per heavy atom. The molecule has 0 radical (unpaired) electrons. The minimum Gasteiger partial charge on any atom is -0.306 e. The minimum absolute atomic E-state index is 0.114. The lowest BCUT2D eigenvalue weighted by Gasteiger charge is -2.20. The van der Waals surface area contributed by atoms with Crippen LogP contribution in [0.3, 0.4) is 0 Å². The Balaban J connectivity index is 2.74. The summed E-state index contributed by atoms with van der Waals surface area (Å²) in [6, 6.07) is 0.425. The summed E-state index contributed by atoms with van der Waals surface area (Å²) in [5.41, 5.74) is 0.489. The molecule has 1 atom stereocenters. The highest BCUT2D eigenvalue weighted by molar-refractivity contribution is 5.03. The molecule has 0 amide bonds. The second-order valence-corrected chi connectivity index (χ2v) is 5.01. The molecule has 0 aliphatic heterocycles. The lowest BCUT2D eigenvalue weighted by atomic mass is 10.1. The molecule has 1 aromatic heterocycles. The second-order valence-electron chi connectivity index (χ2n) is 5.01. The van der Waals surface area contributed by atoms with E-state index < -0.39 is 12.2 Å². The maximum atomic E-state index is 12.9. The van der Waals surface area contributed by atoms with Crippen LogP contribution in [0.5, 0.6) is 0 Å². The van der Waals surface area contributed by atoms with Crippen LogP contribution in [-0.4, -0.2) is 28.5 Å². The van der Waals surface area contributed by atoms with Crippen molar-refractivity contribution >= 4 is 0 Å². The van der Waals surface area contributed by atoms with Crippen LogP contribution in [0.4, 0.5) is 13.2 Å². The van der Waals surface area contributed by atoms with E-state index in [1.54, 1.807) is 16.9 Å². The third-order valence-corrected chi connectivity index (χ3v) is 3.43. The summed E-state index contributed by atoms with van der Waals surface area (Å²) < 4.78 is 40.6. The Morgan fingerprint density at radius 3 is 2.40 bits per heavy atom. The van der Waals surface area contributed by atoms with Crippen LogP contribution >= 0.6 is 0 Å². The second kappa shape index (κ2) is 7.67. The summed E-state index contributed by atoms with van der Waals surface area (Å²) in [5, 5.41) is 6.84. The summed E-state index contributed by atoms with van der Waals surface area (Å²) in [7, 11) is 0. The monoisotopic (exact) mass is 291 g/mol. The Morgan fingerprint density at radius 1 is 1.25 bits per heavy atom. The van der Waals surface area contributed by atoms with Gasteiger partial charge in [-0.15, -0.1) is 0 Å². The summed E-state index contributed by atoms with van der Waals surface area (Å²) in [6.45, 7) is 6.31. The van der Waals surface area contributed by atoms with Crippen molar-refractivity contribution < 1.29 is 13.2 Å². The van der Waals surface area contributed by atoms with Gasteiger partial charge in [-0.3, -0.25) is 4.68 Å². The largest absolute Gasteiger partial charge is 0.404 e. The smallest absolute Gasteiger partial charge is 0.306 e. The van der Waals surface area contributed by atoms with Crippen molar-refractivity contribution in [2.24, 2.45) is 0 Å².